The zero-order chi connectivity index (χ0) is 19.9. The molecule has 0 saturated carbocycles. The highest BCUT2D eigenvalue weighted by Crippen LogP contribution is 2.33. The molecule has 0 spiro atoms. The van der Waals surface area contributed by atoms with Crippen LogP contribution in [0.1, 0.15) is 38.8 Å². The van der Waals surface area contributed by atoms with Crippen molar-refractivity contribution in [2.75, 3.05) is 0 Å². The minimum Gasteiger partial charge on any atom is -0.463 e. The van der Waals surface area contributed by atoms with E-state index in [1.54, 1.807) is 0 Å². The van der Waals surface area contributed by atoms with Crippen molar-refractivity contribution in [3.05, 3.63) is 85.3 Å². The number of hydrogen-bond acceptors (Lipinski definition) is 4. The van der Waals surface area contributed by atoms with E-state index in [4.69, 9.17) is 18.9 Å². The molecule has 2 aromatic rings. The summed E-state index contributed by atoms with van der Waals surface area (Å²) in [5, 5.41) is 0. The highest BCUT2D eigenvalue weighted by molar-refractivity contribution is 5.41. The van der Waals surface area contributed by atoms with E-state index in [2.05, 4.69) is 51.3 Å². The van der Waals surface area contributed by atoms with Crippen molar-refractivity contribution in [1.82, 2.24) is 0 Å². The summed E-state index contributed by atoms with van der Waals surface area (Å²) in [5.74, 6) is 1.51. The number of hydrogen-bond donors (Lipinski definition) is 0. The molecule has 0 heterocycles. The fourth-order valence-electron chi connectivity index (χ4n) is 2.78. The van der Waals surface area contributed by atoms with E-state index in [9.17, 15) is 0 Å². The zero-order valence-electron chi connectivity index (χ0n) is 16.5. The third-order valence-corrected chi connectivity index (χ3v) is 4.33. The van der Waals surface area contributed by atoms with Crippen molar-refractivity contribution < 1.29 is 18.9 Å². The summed E-state index contributed by atoms with van der Waals surface area (Å²) in [6, 6.07) is 16.1. The highest BCUT2D eigenvalue weighted by atomic mass is 16.7. The van der Waals surface area contributed by atoms with Gasteiger partial charge in [-0.05, 0) is 35.4 Å². The Morgan fingerprint density at radius 3 is 1.33 bits per heavy atom. The van der Waals surface area contributed by atoms with E-state index in [1.807, 2.05) is 38.1 Å². The Bertz CT molecular complexity index is 668. The minimum atomic E-state index is -0.374. The van der Waals surface area contributed by atoms with Gasteiger partial charge in [-0.2, -0.15) is 0 Å². The molecule has 27 heavy (non-hydrogen) atoms. The second-order valence-corrected chi connectivity index (χ2v) is 6.65. The van der Waals surface area contributed by atoms with Gasteiger partial charge in [-0.15, -0.1) is 0 Å². The number of rotatable bonds is 10. The van der Waals surface area contributed by atoms with Crippen molar-refractivity contribution in [1.29, 1.82) is 0 Å². The second-order valence-electron chi connectivity index (χ2n) is 6.65. The van der Waals surface area contributed by atoms with Crippen molar-refractivity contribution in [3.63, 3.8) is 0 Å². The lowest BCUT2D eigenvalue weighted by molar-refractivity contribution is -0.0135. The highest BCUT2D eigenvalue weighted by Gasteiger charge is 2.23. The molecule has 2 atom stereocenters. The molecule has 0 aliphatic carbocycles. The lowest BCUT2D eigenvalue weighted by atomic mass is 9.78. The first-order valence-electron chi connectivity index (χ1n) is 8.94. The SMILES string of the molecule is C=COC(C)Oc1ccc(C(C)(C)c2ccc(OC(C)OC=C)cc2)cc1. The van der Waals surface area contributed by atoms with Gasteiger partial charge in [-0.25, -0.2) is 0 Å². The Morgan fingerprint density at radius 1 is 0.704 bits per heavy atom. The van der Waals surface area contributed by atoms with E-state index < -0.39 is 0 Å². The molecule has 0 fully saturated rings. The quantitative estimate of drug-likeness (QED) is 0.393. The molecule has 4 nitrogen and oxygen atoms in total. The molecule has 2 rings (SSSR count). The topological polar surface area (TPSA) is 36.9 Å². The lowest BCUT2D eigenvalue weighted by Crippen LogP contribution is -2.19. The summed E-state index contributed by atoms with van der Waals surface area (Å²) in [7, 11) is 0. The summed E-state index contributed by atoms with van der Waals surface area (Å²) >= 11 is 0. The van der Waals surface area contributed by atoms with Crippen LogP contribution in [0.15, 0.2) is 74.2 Å². The van der Waals surface area contributed by atoms with Crippen molar-refractivity contribution >= 4 is 0 Å². The standard InChI is InChI=1S/C23H28O4/c1-7-24-17(3)26-21-13-9-19(10-14-21)23(5,6)20-11-15-22(16-12-20)27-18(4)25-8-2/h7-18H,1-2H2,3-6H3. The van der Waals surface area contributed by atoms with Gasteiger partial charge in [0.15, 0.2) is 0 Å². The molecule has 2 unspecified atom stereocenters. The molecule has 0 aliphatic heterocycles. The van der Waals surface area contributed by atoms with Crippen molar-refractivity contribution in [2.24, 2.45) is 0 Å². The minimum absolute atomic E-state index is 0.163. The molecule has 0 radical (unpaired) electrons. The predicted molar refractivity (Wildman–Crippen MR) is 108 cm³/mol. The number of ether oxygens (including phenoxy) is 4. The van der Waals surface area contributed by atoms with E-state index >= 15 is 0 Å². The normalized spacial score (nSPS) is 13.2. The van der Waals surface area contributed by atoms with Crippen LogP contribution in [-0.2, 0) is 14.9 Å². The van der Waals surface area contributed by atoms with E-state index in [0.29, 0.717) is 0 Å². The third kappa shape index (κ3) is 5.55. The van der Waals surface area contributed by atoms with Gasteiger partial charge in [0.1, 0.15) is 11.5 Å². The Kier molecular flexibility index (Phi) is 6.94. The molecule has 0 aliphatic rings. The van der Waals surface area contributed by atoms with Crippen LogP contribution in [0.3, 0.4) is 0 Å². The largest absolute Gasteiger partial charge is 0.463 e. The molecule has 0 bridgehead atoms. The van der Waals surface area contributed by atoms with Crippen LogP contribution >= 0.6 is 0 Å². The van der Waals surface area contributed by atoms with Gasteiger partial charge >= 0.3 is 0 Å². The Morgan fingerprint density at radius 2 is 1.04 bits per heavy atom. The second kappa shape index (κ2) is 9.17. The van der Waals surface area contributed by atoms with Crippen LogP contribution in [0.5, 0.6) is 11.5 Å². The monoisotopic (exact) mass is 368 g/mol. The first kappa shape index (κ1) is 20.4. The fraction of sp³-hybridized carbons (Fsp3) is 0.304. The molecular formula is C23H28O4. The summed E-state index contributed by atoms with van der Waals surface area (Å²) in [6.07, 6.45) is 2.00. The van der Waals surface area contributed by atoms with Gasteiger partial charge in [-0.3, -0.25) is 0 Å². The summed E-state index contributed by atoms with van der Waals surface area (Å²) in [6.45, 7) is 15.1. The van der Waals surface area contributed by atoms with Crippen LogP contribution < -0.4 is 9.47 Å². The molecule has 0 aromatic heterocycles. The van der Waals surface area contributed by atoms with Crippen molar-refractivity contribution in [2.45, 2.75) is 45.7 Å². The smallest absolute Gasteiger partial charge is 0.237 e. The fourth-order valence-corrected chi connectivity index (χ4v) is 2.78. The third-order valence-electron chi connectivity index (χ3n) is 4.33. The van der Waals surface area contributed by atoms with Crippen molar-refractivity contribution in [3.8, 4) is 11.5 Å². The van der Waals surface area contributed by atoms with Gasteiger partial charge < -0.3 is 18.9 Å². The van der Waals surface area contributed by atoms with Crippen LogP contribution in [0.4, 0.5) is 0 Å². The molecule has 2 aromatic carbocycles. The maximum Gasteiger partial charge on any atom is 0.237 e. The summed E-state index contributed by atoms with van der Waals surface area (Å²) in [4.78, 5) is 0. The predicted octanol–water partition coefficient (Wildman–Crippen LogP) is 5.78. The molecule has 0 N–H and O–H groups in total. The number of benzene rings is 2. The van der Waals surface area contributed by atoms with E-state index in [1.165, 1.54) is 23.7 Å². The summed E-state index contributed by atoms with van der Waals surface area (Å²) in [5.41, 5.74) is 2.21. The molecule has 4 heteroatoms. The Hall–Kier alpha value is -2.88. The Balaban J connectivity index is 2.10. The molecule has 0 amide bonds. The zero-order valence-corrected chi connectivity index (χ0v) is 16.5. The summed E-state index contributed by atoms with van der Waals surface area (Å²) < 4.78 is 21.7. The van der Waals surface area contributed by atoms with Gasteiger partial charge in [0.2, 0.25) is 12.6 Å². The Labute approximate surface area is 162 Å². The first-order valence-corrected chi connectivity index (χ1v) is 8.94. The van der Waals surface area contributed by atoms with Gasteiger partial charge in [0.05, 0.1) is 12.5 Å². The molecule has 0 saturated heterocycles. The maximum absolute atomic E-state index is 5.67. The first-order chi connectivity index (χ1) is 12.9. The molecule has 144 valence electrons. The van der Waals surface area contributed by atoms with Gasteiger partial charge in [0.25, 0.3) is 0 Å². The van der Waals surface area contributed by atoms with Crippen LogP contribution in [0.2, 0.25) is 0 Å². The van der Waals surface area contributed by atoms with Crippen LogP contribution in [0, 0.1) is 0 Å². The average Bonchev–Trinajstić information content (AvgIpc) is 2.63. The van der Waals surface area contributed by atoms with E-state index in [0.717, 1.165) is 11.5 Å². The maximum atomic E-state index is 5.67. The average molecular weight is 368 g/mol. The van der Waals surface area contributed by atoms with Crippen LogP contribution in [-0.4, -0.2) is 12.6 Å². The molecular weight excluding hydrogens is 340 g/mol. The van der Waals surface area contributed by atoms with E-state index in [-0.39, 0.29) is 18.0 Å². The van der Waals surface area contributed by atoms with Crippen LogP contribution in [0.25, 0.3) is 0 Å². The van der Waals surface area contributed by atoms with Gasteiger partial charge in [-0.1, -0.05) is 51.3 Å². The lowest BCUT2D eigenvalue weighted by Gasteiger charge is -2.27. The van der Waals surface area contributed by atoms with Gasteiger partial charge in [0, 0.05) is 19.3 Å².